The van der Waals surface area contributed by atoms with Crippen LogP contribution in [0.3, 0.4) is 0 Å². The standard InChI is InChI=1S/C19H24N2O4S3/c1-15-3-2-4-16(11-15)13-26-14-18(22)20-12-17-5-6-19(27-17)28(23,24)21-7-9-25-10-8-21/h2-6,11H,7-10,12-14H2,1H3,(H,20,22). The Hall–Kier alpha value is -1.39. The number of thioether (sulfide) groups is 1. The van der Waals surface area contributed by atoms with Crippen molar-refractivity contribution in [1.29, 1.82) is 0 Å². The van der Waals surface area contributed by atoms with E-state index in [1.54, 1.807) is 23.9 Å². The van der Waals surface area contributed by atoms with Crippen LogP contribution in [-0.2, 0) is 31.9 Å². The van der Waals surface area contributed by atoms with E-state index in [0.29, 0.717) is 42.8 Å². The number of morpholine rings is 1. The van der Waals surface area contributed by atoms with Gasteiger partial charge in [-0.1, -0.05) is 29.8 Å². The number of amides is 1. The van der Waals surface area contributed by atoms with Gasteiger partial charge in [0.05, 0.1) is 25.5 Å². The lowest BCUT2D eigenvalue weighted by molar-refractivity contribution is -0.118. The fourth-order valence-electron chi connectivity index (χ4n) is 2.81. The first-order chi connectivity index (χ1) is 13.4. The summed E-state index contributed by atoms with van der Waals surface area (Å²) in [7, 11) is -3.47. The van der Waals surface area contributed by atoms with E-state index in [1.165, 1.54) is 26.8 Å². The van der Waals surface area contributed by atoms with Gasteiger partial charge in [-0.15, -0.1) is 23.1 Å². The second kappa shape index (κ2) is 9.89. The summed E-state index contributed by atoms with van der Waals surface area (Å²) in [5, 5.41) is 2.86. The molecule has 0 bridgehead atoms. The minimum absolute atomic E-state index is 0.0522. The summed E-state index contributed by atoms with van der Waals surface area (Å²) < 4.78 is 32.2. The molecule has 1 amide bonds. The summed E-state index contributed by atoms with van der Waals surface area (Å²) in [5.74, 6) is 1.11. The van der Waals surface area contributed by atoms with Crippen molar-refractivity contribution in [2.75, 3.05) is 32.1 Å². The lowest BCUT2D eigenvalue weighted by Gasteiger charge is -2.25. The summed E-state index contributed by atoms with van der Waals surface area (Å²) in [5.41, 5.74) is 2.41. The van der Waals surface area contributed by atoms with E-state index in [4.69, 9.17) is 4.74 Å². The predicted molar refractivity (Wildman–Crippen MR) is 113 cm³/mol. The third-order valence-corrected chi connectivity index (χ3v) is 8.70. The number of rotatable bonds is 8. The molecule has 2 aromatic rings. The zero-order valence-corrected chi connectivity index (χ0v) is 18.2. The maximum absolute atomic E-state index is 12.6. The molecule has 0 aliphatic carbocycles. The molecule has 1 aromatic carbocycles. The highest BCUT2D eigenvalue weighted by atomic mass is 32.2. The summed E-state index contributed by atoms with van der Waals surface area (Å²) >= 11 is 2.77. The van der Waals surface area contributed by atoms with Crippen LogP contribution < -0.4 is 5.32 Å². The summed E-state index contributed by atoms with van der Waals surface area (Å²) in [6.45, 7) is 4.00. The first-order valence-corrected chi connectivity index (χ1v) is 12.4. The van der Waals surface area contributed by atoms with Crippen molar-refractivity contribution >= 4 is 39.0 Å². The Morgan fingerprint density at radius 2 is 2.04 bits per heavy atom. The zero-order valence-electron chi connectivity index (χ0n) is 15.7. The molecule has 1 saturated heterocycles. The van der Waals surface area contributed by atoms with Crippen molar-refractivity contribution < 1.29 is 17.9 Å². The Morgan fingerprint density at radius 3 is 2.79 bits per heavy atom. The molecule has 0 saturated carbocycles. The first-order valence-electron chi connectivity index (χ1n) is 9.02. The van der Waals surface area contributed by atoms with Crippen LogP contribution in [0.5, 0.6) is 0 Å². The molecule has 1 aliphatic heterocycles. The number of hydrogen-bond donors (Lipinski definition) is 1. The predicted octanol–water partition coefficient (Wildman–Crippen LogP) is 2.63. The highest BCUT2D eigenvalue weighted by molar-refractivity contribution is 7.99. The van der Waals surface area contributed by atoms with Gasteiger partial charge < -0.3 is 10.1 Å². The fourth-order valence-corrected chi connectivity index (χ4v) is 6.47. The van der Waals surface area contributed by atoms with Gasteiger partial charge in [-0.3, -0.25) is 4.79 Å². The Kier molecular flexibility index (Phi) is 7.53. The lowest BCUT2D eigenvalue weighted by Crippen LogP contribution is -2.40. The second-order valence-corrected chi connectivity index (χ2v) is 10.8. The first kappa shape index (κ1) is 21.3. The van der Waals surface area contributed by atoms with Crippen LogP contribution in [0, 0.1) is 6.92 Å². The molecule has 9 heteroatoms. The van der Waals surface area contributed by atoms with E-state index in [9.17, 15) is 13.2 Å². The molecule has 152 valence electrons. The molecule has 0 unspecified atom stereocenters. The molecule has 2 heterocycles. The van der Waals surface area contributed by atoms with Crippen molar-refractivity contribution in [3.05, 3.63) is 52.4 Å². The van der Waals surface area contributed by atoms with E-state index in [-0.39, 0.29) is 5.91 Å². The van der Waals surface area contributed by atoms with Gasteiger partial charge in [-0.25, -0.2) is 8.42 Å². The van der Waals surface area contributed by atoms with Crippen molar-refractivity contribution in [2.24, 2.45) is 0 Å². The van der Waals surface area contributed by atoms with E-state index < -0.39 is 10.0 Å². The van der Waals surface area contributed by atoms with Crippen molar-refractivity contribution in [2.45, 2.75) is 23.4 Å². The Morgan fingerprint density at radius 1 is 1.25 bits per heavy atom. The van der Waals surface area contributed by atoms with Gasteiger partial charge in [0, 0.05) is 23.7 Å². The number of nitrogens with zero attached hydrogens (tertiary/aromatic N) is 1. The van der Waals surface area contributed by atoms with Crippen molar-refractivity contribution in [3.63, 3.8) is 0 Å². The Bertz CT molecular complexity index is 905. The SMILES string of the molecule is Cc1cccc(CSCC(=O)NCc2ccc(S(=O)(=O)N3CCOCC3)s2)c1. The van der Waals surface area contributed by atoms with Crippen LogP contribution in [0.15, 0.2) is 40.6 Å². The van der Waals surface area contributed by atoms with Gasteiger partial charge in [-0.2, -0.15) is 4.31 Å². The molecule has 6 nitrogen and oxygen atoms in total. The highest BCUT2D eigenvalue weighted by Crippen LogP contribution is 2.25. The number of hydrogen-bond acceptors (Lipinski definition) is 6. The fraction of sp³-hybridized carbons (Fsp3) is 0.421. The smallest absolute Gasteiger partial charge is 0.252 e. The maximum atomic E-state index is 12.6. The maximum Gasteiger partial charge on any atom is 0.252 e. The molecule has 0 atom stereocenters. The number of thiophene rings is 1. The monoisotopic (exact) mass is 440 g/mol. The molecule has 28 heavy (non-hydrogen) atoms. The summed E-state index contributed by atoms with van der Waals surface area (Å²) in [4.78, 5) is 12.9. The molecular weight excluding hydrogens is 416 g/mol. The van der Waals surface area contributed by atoms with Crippen molar-refractivity contribution in [1.82, 2.24) is 9.62 Å². The van der Waals surface area contributed by atoms with Crippen molar-refractivity contribution in [3.8, 4) is 0 Å². The molecule has 1 aromatic heterocycles. The van der Waals surface area contributed by atoms with E-state index in [2.05, 4.69) is 30.4 Å². The minimum atomic E-state index is -3.47. The molecule has 1 aliphatic rings. The molecular formula is C19H24N2O4S3. The minimum Gasteiger partial charge on any atom is -0.379 e. The lowest BCUT2D eigenvalue weighted by atomic mass is 10.2. The topological polar surface area (TPSA) is 75.7 Å². The van der Waals surface area contributed by atoms with Gasteiger partial charge in [0.25, 0.3) is 10.0 Å². The molecule has 3 rings (SSSR count). The van der Waals surface area contributed by atoms with Gasteiger partial charge in [-0.05, 0) is 24.6 Å². The third-order valence-electron chi connectivity index (χ3n) is 4.25. The Balaban J connectivity index is 1.45. The summed E-state index contributed by atoms with van der Waals surface area (Å²) in [6.07, 6.45) is 0. The van der Waals surface area contributed by atoms with Gasteiger partial charge in [0.1, 0.15) is 4.21 Å². The average Bonchev–Trinajstić information content (AvgIpc) is 3.17. The largest absolute Gasteiger partial charge is 0.379 e. The van der Waals surface area contributed by atoms with E-state index in [1.807, 2.05) is 6.07 Å². The van der Waals surface area contributed by atoms with Crippen LogP contribution in [0.25, 0.3) is 0 Å². The van der Waals surface area contributed by atoms with Crippen LogP contribution in [-0.4, -0.2) is 50.7 Å². The number of ether oxygens (including phenoxy) is 1. The molecule has 1 fully saturated rings. The number of carbonyl (C=O) groups is 1. The highest BCUT2D eigenvalue weighted by Gasteiger charge is 2.27. The molecule has 0 spiro atoms. The second-order valence-electron chi connectivity index (χ2n) is 6.50. The number of carbonyl (C=O) groups excluding carboxylic acids is 1. The van der Waals surface area contributed by atoms with Crippen LogP contribution in [0.2, 0.25) is 0 Å². The van der Waals surface area contributed by atoms with E-state index in [0.717, 1.165) is 10.6 Å². The summed E-state index contributed by atoms with van der Waals surface area (Å²) in [6, 6.07) is 11.6. The Labute approximate surface area is 174 Å². The van der Waals surface area contributed by atoms with Crippen LogP contribution in [0.4, 0.5) is 0 Å². The third kappa shape index (κ3) is 5.81. The van der Waals surface area contributed by atoms with Gasteiger partial charge >= 0.3 is 0 Å². The zero-order chi connectivity index (χ0) is 20.0. The van der Waals surface area contributed by atoms with Crippen LogP contribution >= 0.6 is 23.1 Å². The van der Waals surface area contributed by atoms with Crippen LogP contribution in [0.1, 0.15) is 16.0 Å². The van der Waals surface area contributed by atoms with E-state index >= 15 is 0 Å². The number of nitrogens with one attached hydrogen (secondary N) is 1. The average molecular weight is 441 g/mol. The quantitative estimate of drug-likeness (QED) is 0.683. The molecule has 1 N–H and O–H groups in total. The number of benzene rings is 1. The number of aryl methyl sites for hydroxylation is 1. The normalized spacial score (nSPS) is 15.5. The molecule has 0 radical (unpaired) electrons. The van der Waals surface area contributed by atoms with Gasteiger partial charge in [0.15, 0.2) is 0 Å². The number of sulfonamides is 1. The van der Waals surface area contributed by atoms with Gasteiger partial charge in [0.2, 0.25) is 5.91 Å².